The zero-order valence-corrected chi connectivity index (χ0v) is 7.80. The second-order valence-electron chi connectivity index (χ2n) is 3.06. The number of aliphatic hydroxyl groups excluding tert-OH is 1. The van der Waals surface area contributed by atoms with E-state index < -0.39 is 0 Å². The quantitative estimate of drug-likeness (QED) is 0.572. The average molecular weight is 176 g/mol. The minimum atomic E-state index is 0.274. The number of nitrogens with zero attached hydrogens (tertiary/aromatic N) is 2. The molecule has 0 aliphatic carbocycles. The summed E-state index contributed by atoms with van der Waals surface area (Å²) in [5.41, 5.74) is 0. The van der Waals surface area contributed by atoms with Crippen molar-refractivity contribution >= 4 is 12.8 Å². The molecule has 0 radical (unpaired) electrons. The van der Waals surface area contributed by atoms with Crippen LogP contribution in [-0.2, 0) is 0 Å². The second kappa shape index (κ2) is 4.30. The van der Waals surface area contributed by atoms with E-state index in [-0.39, 0.29) is 6.61 Å². The van der Waals surface area contributed by atoms with Crippen LogP contribution in [0, 0.1) is 0 Å². The SMILES string of the molecule is CN1CCN(S)CC1CCO. The lowest BCUT2D eigenvalue weighted by molar-refractivity contribution is 0.126. The fourth-order valence-electron chi connectivity index (χ4n) is 1.39. The van der Waals surface area contributed by atoms with E-state index in [0.717, 1.165) is 26.1 Å². The van der Waals surface area contributed by atoms with Gasteiger partial charge in [-0.25, -0.2) is 0 Å². The molecule has 1 N–H and O–H groups in total. The predicted molar refractivity (Wildman–Crippen MR) is 48.7 cm³/mol. The molecule has 1 unspecified atom stereocenters. The van der Waals surface area contributed by atoms with Crippen molar-refractivity contribution in [3.05, 3.63) is 0 Å². The van der Waals surface area contributed by atoms with Crippen molar-refractivity contribution in [2.24, 2.45) is 0 Å². The van der Waals surface area contributed by atoms with Crippen LogP contribution in [0.1, 0.15) is 6.42 Å². The fraction of sp³-hybridized carbons (Fsp3) is 1.00. The molecule has 1 aliphatic heterocycles. The van der Waals surface area contributed by atoms with Gasteiger partial charge in [-0.05, 0) is 13.5 Å². The van der Waals surface area contributed by atoms with Crippen LogP contribution >= 0.6 is 12.8 Å². The summed E-state index contributed by atoms with van der Waals surface area (Å²) in [6, 6.07) is 0.478. The third-order valence-electron chi connectivity index (χ3n) is 2.22. The number of likely N-dealkylation sites (N-methyl/N-ethyl adjacent to an activating group) is 1. The van der Waals surface area contributed by atoms with Gasteiger partial charge in [0.2, 0.25) is 0 Å². The van der Waals surface area contributed by atoms with Gasteiger partial charge < -0.3 is 10.0 Å². The van der Waals surface area contributed by atoms with Crippen LogP contribution < -0.4 is 0 Å². The third kappa shape index (κ3) is 2.63. The van der Waals surface area contributed by atoms with E-state index in [1.807, 2.05) is 4.31 Å². The maximum Gasteiger partial charge on any atom is 0.0446 e. The molecule has 0 saturated carbocycles. The zero-order valence-electron chi connectivity index (χ0n) is 6.90. The lowest BCUT2D eigenvalue weighted by Crippen LogP contribution is -2.48. The molecule has 0 bridgehead atoms. The molecule has 1 aliphatic rings. The first-order valence-electron chi connectivity index (χ1n) is 3.99. The Kier molecular flexibility index (Phi) is 3.65. The molecule has 1 atom stereocenters. The van der Waals surface area contributed by atoms with Crippen LogP contribution in [0.15, 0.2) is 0 Å². The monoisotopic (exact) mass is 176 g/mol. The highest BCUT2D eigenvalue weighted by Gasteiger charge is 2.21. The highest BCUT2D eigenvalue weighted by Crippen LogP contribution is 2.11. The number of aliphatic hydroxyl groups is 1. The Morgan fingerprint density at radius 2 is 2.27 bits per heavy atom. The Morgan fingerprint density at radius 3 is 2.91 bits per heavy atom. The molecule has 11 heavy (non-hydrogen) atoms. The van der Waals surface area contributed by atoms with Crippen molar-refractivity contribution in [1.82, 2.24) is 9.21 Å². The van der Waals surface area contributed by atoms with Gasteiger partial charge in [0.1, 0.15) is 0 Å². The van der Waals surface area contributed by atoms with Gasteiger partial charge in [0.15, 0.2) is 0 Å². The van der Waals surface area contributed by atoms with E-state index in [0.29, 0.717) is 6.04 Å². The highest BCUT2D eigenvalue weighted by atomic mass is 32.1. The smallest absolute Gasteiger partial charge is 0.0446 e. The zero-order chi connectivity index (χ0) is 8.27. The average Bonchev–Trinajstić information content (AvgIpc) is 1.98. The van der Waals surface area contributed by atoms with Gasteiger partial charge in [0, 0.05) is 32.3 Å². The molecule has 0 aromatic carbocycles. The molecule has 3 nitrogen and oxygen atoms in total. The van der Waals surface area contributed by atoms with Crippen LogP contribution in [0.4, 0.5) is 0 Å². The van der Waals surface area contributed by atoms with E-state index in [1.165, 1.54) is 0 Å². The molecule has 1 fully saturated rings. The van der Waals surface area contributed by atoms with Crippen molar-refractivity contribution in [1.29, 1.82) is 0 Å². The van der Waals surface area contributed by atoms with Gasteiger partial charge in [-0.1, -0.05) is 12.8 Å². The predicted octanol–water partition coefficient (Wildman–Crippen LogP) is -0.170. The Morgan fingerprint density at radius 1 is 1.55 bits per heavy atom. The molecule has 1 rings (SSSR count). The summed E-state index contributed by atoms with van der Waals surface area (Å²) in [6.45, 7) is 3.30. The van der Waals surface area contributed by atoms with Crippen molar-refractivity contribution < 1.29 is 5.11 Å². The molecular formula is C7H16N2OS. The maximum absolute atomic E-state index is 8.75. The first-order chi connectivity index (χ1) is 5.24. The molecule has 1 heterocycles. The van der Waals surface area contributed by atoms with Crippen LogP contribution in [0.2, 0.25) is 0 Å². The van der Waals surface area contributed by atoms with E-state index in [9.17, 15) is 0 Å². The third-order valence-corrected chi connectivity index (χ3v) is 2.58. The second-order valence-corrected chi connectivity index (χ2v) is 3.63. The summed E-state index contributed by atoms with van der Waals surface area (Å²) < 4.78 is 2.01. The van der Waals surface area contributed by atoms with Crippen molar-refractivity contribution in [2.45, 2.75) is 12.5 Å². The summed E-state index contributed by atoms with van der Waals surface area (Å²) in [4.78, 5) is 2.28. The first kappa shape index (κ1) is 9.32. The van der Waals surface area contributed by atoms with Gasteiger partial charge in [-0.15, -0.1) is 0 Å². The maximum atomic E-state index is 8.75. The summed E-state index contributed by atoms with van der Waals surface area (Å²) in [6.07, 6.45) is 0.855. The van der Waals surface area contributed by atoms with Crippen LogP contribution in [0.5, 0.6) is 0 Å². The largest absolute Gasteiger partial charge is 0.396 e. The lowest BCUT2D eigenvalue weighted by Gasteiger charge is -2.36. The Bertz CT molecular complexity index is 123. The molecule has 0 spiro atoms. The van der Waals surface area contributed by atoms with Gasteiger partial charge >= 0.3 is 0 Å². The number of piperazine rings is 1. The van der Waals surface area contributed by atoms with E-state index in [2.05, 4.69) is 24.8 Å². The fourth-order valence-corrected chi connectivity index (χ4v) is 1.67. The summed E-state index contributed by atoms with van der Waals surface area (Å²) in [5, 5.41) is 8.75. The minimum Gasteiger partial charge on any atom is -0.396 e. The van der Waals surface area contributed by atoms with Crippen LogP contribution in [0.25, 0.3) is 0 Å². The van der Waals surface area contributed by atoms with Crippen LogP contribution in [-0.4, -0.2) is 53.6 Å². The molecule has 0 aromatic heterocycles. The van der Waals surface area contributed by atoms with Gasteiger partial charge in [0.05, 0.1) is 0 Å². The topological polar surface area (TPSA) is 26.7 Å². The van der Waals surface area contributed by atoms with Crippen molar-refractivity contribution in [2.75, 3.05) is 33.3 Å². The van der Waals surface area contributed by atoms with Crippen molar-refractivity contribution in [3.63, 3.8) is 0 Å². The van der Waals surface area contributed by atoms with Gasteiger partial charge in [0.25, 0.3) is 0 Å². The Balaban J connectivity index is 2.34. The summed E-state index contributed by atoms with van der Waals surface area (Å²) in [7, 11) is 2.10. The van der Waals surface area contributed by atoms with Crippen LogP contribution in [0.3, 0.4) is 0 Å². The summed E-state index contributed by atoms with van der Waals surface area (Å²) in [5.74, 6) is 0. The molecule has 0 amide bonds. The number of thiol groups is 1. The first-order valence-corrected chi connectivity index (χ1v) is 4.39. The number of hydrogen-bond acceptors (Lipinski definition) is 4. The standard InChI is InChI=1S/C7H16N2OS/c1-8-3-4-9(11)6-7(8)2-5-10/h7,10-11H,2-6H2,1H3. The van der Waals surface area contributed by atoms with E-state index >= 15 is 0 Å². The Hall–Kier alpha value is 0.230. The van der Waals surface area contributed by atoms with Crippen molar-refractivity contribution in [3.8, 4) is 0 Å². The van der Waals surface area contributed by atoms with E-state index in [4.69, 9.17) is 5.11 Å². The highest BCUT2D eigenvalue weighted by molar-refractivity contribution is 7.77. The molecule has 4 heteroatoms. The lowest BCUT2D eigenvalue weighted by atomic mass is 10.1. The molecule has 66 valence electrons. The normalized spacial score (nSPS) is 29.2. The minimum absolute atomic E-state index is 0.274. The Labute approximate surface area is 73.5 Å². The molecule has 1 saturated heterocycles. The van der Waals surface area contributed by atoms with Gasteiger partial charge in [-0.3, -0.25) is 4.31 Å². The van der Waals surface area contributed by atoms with Gasteiger partial charge in [-0.2, -0.15) is 0 Å². The number of rotatable bonds is 2. The molecular weight excluding hydrogens is 160 g/mol. The van der Waals surface area contributed by atoms with E-state index in [1.54, 1.807) is 0 Å². The number of hydrogen-bond donors (Lipinski definition) is 2. The molecule has 0 aromatic rings. The summed E-state index contributed by atoms with van der Waals surface area (Å²) >= 11 is 4.28.